The number of hydrogen-bond donors (Lipinski definition) is 1. The number of anilines is 1. The average molecular weight is 257 g/mol. The molecule has 16 heavy (non-hydrogen) atoms. The van der Waals surface area contributed by atoms with Crippen molar-refractivity contribution in [2.75, 3.05) is 25.0 Å². The number of thiazole rings is 1. The van der Waals surface area contributed by atoms with E-state index >= 15 is 0 Å². The molecule has 0 atom stereocenters. The Morgan fingerprint density at radius 2 is 2.38 bits per heavy atom. The van der Waals surface area contributed by atoms with Crippen molar-refractivity contribution in [3.63, 3.8) is 0 Å². The fraction of sp³-hybridized carbons (Fsp3) is 0.600. The first-order valence-corrected chi connectivity index (χ1v) is 6.50. The Morgan fingerprint density at radius 3 is 2.94 bits per heavy atom. The lowest BCUT2D eigenvalue weighted by molar-refractivity contribution is 0.242. The van der Waals surface area contributed by atoms with Gasteiger partial charge in [0.05, 0.1) is 12.6 Å². The lowest BCUT2D eigenvalue weighted by atomic mass is 10.1. The lowest BCUT2D eigenvalue weighted by Gasteiger charge is -2.30. The van der Waals surface area contributed by atoms with E-state index in [0.29, 0.717) is 17.7 Å². The number of piperidine rings is 1. The quantitative estimate of drug-likeness (QED) is 0.843. The first kappa shape index (κ1) is 11.6. The van der Waals surface area contributed by atoms with Gasteiger partial charge in [0, 0.05) is 24.5 Å². The van der Waals surface area contributed by atoms with Crippen molar-refractivity contribution in [2.45, 2.75) is 18.9 Å². The highest BCUT2D eigenvalue weighted by atomic mass is 35.5. The van der Waals surface area contributed by atoms with Crippen LogP contribution in [0, 0.1) is 11.3 Å². The fourth-order valence-electron chi connectivity index (χ4n) is 1.83. The molecule has 0 aliphatic carbocycles. The zero-order valence-corrected chi connectivity index (χ0v) is 10.4. The number of likely N-dealkylation sites (tertiary alicyclic amines) is 1. The van der Waals surface area contributed by atoms with Gasteiger partial charge in [-0.25, -0.2) is 4.98 Å². The van der Waals surface area contributed by atoms with Crippen molar-refractivity contribution in [1.82, 2.24) is 9.88 Å². The molecule has 2 heterocycles. The summed E-state index contributed by atoms with van der Waals surface area (Å²) >= 11 is 7.29. The van der Waals surface area contributed by atoms with Gasteiger partial charge in [-0.15, -0.1) is 11.3 Å². The minimum Gasteiger partial charge on any atom is -0.359 e. The standard InChI is InChI=1S/C10H13ClN4S/c11-9-7-16-10(14-9)13-8-1-4-15(5-2-8)6-3-12/h7-8H,1-2,4-6H2,(H,13,14). The molecule has 0 saturated carbocycles. The van der Waals surface area contributed by atoms with Crippen molar-refractivity contribution >= 4 is 28.1 Å². The molecule has 4 nitrogen and oxygen atoms in total. The van der Waals surface area contributed by atoms with E-state index in [4.69, 9.17) is 16.9 Å². The second-order valence-electron chi connectivity index (χ2n) is 3.83. The molecule has 0 unspecified atom stereocenters. The summed E-state index contributed by atoms with van der Waals surface area (Å²) in [6.45, 7) is 2.49. The molecule has 1 fully saturated rings. The van der Waals surface area contributed by atoms with Crippen LogP contribution in [0.1, 0.15) is 12.8 Å². The number of hydrogen-bond acceptors (Lipinski definition) is 5. The Labute approximate surface area is 104 Å². The van der Waals surface area contributed by atoms with Crippen LogP contribution in [0.2, 0.25) is 5.15 Å². The van der Waals surface area contributed by atoms with Crippen LogP contribution in [-0.2, 0) is 0 Å². The summed E-state index contributed by atoms with van der Waals surface area (Å²) in [6.07, 6.45) is 2.11. The maximum Gasteiger partial charge on any atom is 0.184 e. The molecular formula is C10H13ClN4S. The maximum atomic E-state index is 8.59. The number of aromatic nitrogens is 1. The van der Waals surface area contributed by atoms with Crippen LogP contribution in [0.4, 0.5) is 5.13 Å². The average Bonchev–Trinajstić information content (AvgIpc) is 2.67. The van der Waals surface area contributed by atoms with E-state index in [1.165, 1.54) is 11.3 Å². The summed E-state index contributed by atoms with van der Waals surface area (Å²) in [6, 6.07) is 2.64. The maximum absolute atomic E-state index is 8.59. The van der Waals surface area contributed by atoms with Gasteiger partial charge < -0.3 is 5.32 Å². The number of rotatable bonds is 3. The summed E-state index contributed by atoms with van der Waals surface area (Å²) in [5.74, 6) is 0. The van der Waals surface area contributed by atoms with Crippen LogP contribution < -0.4 is 5.32 Å². The first-order valence-electron chi connectivity index (χ1n) is 5.25. The molecule has 1 aromatic rings. The highest BCUT2D eigenvalue weighted by molar-refractivity contribution is 7.14. The Kier molecular flexibility index (Phi) is 3.99. The smallest absolute Gasteiger partial charge is 0.184 e. The molecule has 2 rings (SSSR count). The normalized spacial score (nSPS) is 18.2. The molecular weight excluding hydrogens is 244 g/mol. The van der Waals surface area contributed by atoms with Crippen molar-refractivity contribution in [3.8, 4) is 6.07 Å². The fourth-order valence-corrected chi connectivity index (χ4v) is 2.75. The zero-order chi connectivity index (χ0) is 11.4. The highest BCUT2D eigenvalue weighted by Gasteiger charge is 2.19. The van der Waals surface area contributed by atoms with Crippen LogP contribution in [0.5, 0.6) is 0 Å². The van der Waals surface area contributed by atoms with E-state index in [9.17, 15) is 0 Å². The second-order valence-corrected chi connectivity index (χ2v) is 5.07. The molecule has 1 aromatic heterocycles. The number of halogens is 1. The monoisotopic (exact) mass is 256 g/mol. The number of nitrogens with zero attached hydrogens (tertiary/aromatic N) is 3. The first-order chi connectivity index (χ1) is 7.78. The van der Waals surface area contributed by atoms with E-state index in [1.807, 2.05) is 5.38 Å². The summed E-state index contributed by atoms with van der Waals surface area (Å²) in [5, 5.41) is 15.2. The van der Waals surface area contributed by atoms with E-state index in [1.54, 1.807) is 0 Å². The molecule has 1 saturated heterocycles. The third kappa shape index (κ3) is 3.08. The summed E-state index contributed by atoms with van der Waals surface area (Å²) in [5.41, 5.74) is 0. The van der Waals surface area contributed by atoms with Crippen LogP contribution in [0.3, 0.4) is 0 Å². The molecule has 0 spiro atoms. The predicted molar refractivity (Wildman–Crippen MR) is 65.8 cm³/mol. The van der Waals surface area contributed by atoms with Crippen LogP contribution >= 0.6 is 22.9 Å². The Balaban J connectivity index is 1.79. The summed E-state index contributed by atoms with van der Waals surface area (Å²) in [4.78, 5) is 6.34. The highest BCUT2D eigenvalue weighted by Crippen LogP contribution is 2.22. The molecule has 86 valence electrons. The summed E-state index contributed by atoms with van der Waals surface area (Å²) < 4.78 is 0. The minimum atomic E-state index is 0.456. The van der Waals surface area contributed by atoms with Gasteiger partial charge in [-0.3, -0.25) is 4.90 Å². The third-order valence-corrected chi connectivity index (χ3v) is 3.78. The van der Waals surface area contributed by atoms with E-state index in [-0.39, 0.29) is 0 Å². The second kappa shape index (κ2) is 5.48. The van der Waals surface area contributed by atoms with Crippen LogP contribution in [0.15, 0.2) is 5.38 Å². The van der Waals surface area contributed by atoms with Gasteiger partial charge in [0.2, 0.25) is 0 Å². The summed E-state index contributed by atoms with van der Waals surface area (Å²) in [7, 11) is 0. The van der Waals surface area contributed by atoms with E-state index < -0.39 is 0 Å². The minimum absolute atomic E-state index is 0.456. The van der Waals surface area contributed by atoms with Crippen LogP contribution in [0.25, 0.3) is 0 Å². The molecule has 0 aromatic carbocycles. The Morgan fingerprint density at radius 1 is 1.62 bits per heavy atom. The SMILES string of the molecule is N#CCN1CCC(Nc2nc(Cl)cs2)CC1. The molecule has 1 N–H and O–H groups in total. The van der Waals surface area contributed by atoms with E-state index in [2.05, 4.69) is 21.3 Å². The molecule has 6 heteroatoms. The van der Waals surface area contributed by atoms with Gasteiger partial charge in [0.25, 0.3) is 0 Å². The Hall–Kier alpha value is -0.830. The largest absolute Gasteiger partial charge is 0.359 e. The third-order valence-electron chi connectivity index (χ3n) is 2.69. The van der Waals surface area contributed by atoms with Crippen LogP contribution in [-0.4, -0.2) is 35.6 Å². The van der Waals surface area contributed by atoms with Crippen molar-refractivity contribution in [3.05, 3.63) is 10.5 Å². The van der Waals surface area contributed by atoms with Crippen molar-refractivity contribution < 1.29 is 0 Å². The molecule has 1 aliphatic heterocycles. The van der Waals surface area contributed by atoms with Gasteiger partial charge in [0.15, 0.2) is 5.13 Å². The van der Waals surface area contributed by atoms with Gasteiger partial charge in [-0.1, -0.05) is 11.6 Å². The number of nitriles is 1. The van der Waals surface area contributed by atoms with Gasteiger partial charge >= 0.3 is 0 Å². The van der Waals surface area contributed by atoms with Crippen molar-refractivity contribution in [2.24, 2.45) is 0 Å². The number of nitrogens with one attached hydrogen (secondary N) is 1. The van der Waals surface area contributed by atoms with E-state index in [0.717, 1.165) is 31.1 Å². The van der Waals surface area contributed by atoms with Gasteiger partial charge in [-0.2, -0.15) is 5.26 Å². The molecule has 0 bridgehead atoms. The molecule has 0 radical (unpaired) electrons. The zero-order valence-electron chi connectivity index (χ0n) is 8.82. The molecule has 0 amide bonds. The van der Waals surface area contributed by atoms with Crippen molar-refractivity contribution in [1.29, 1.82) is 5.26 Å². The topological polar surface area (TPSA) is 52.0 Å². The van der Waals surface area contributed by atoms with Gasteiger partial charge in [-0.05, 0) is 12.8 Å². The lowest BCUT2D eigenvalue weighted by Crippen LogP contribution is -2.39. The molecule has 1 aliphatic rings. The Bertz CT molecular complexity index is 378. The predicted octanol–water partition coefficient (Wildman–Crippen LogP) is 2.20. The van der Waals surface area contributed by atoms with Gasteiger partial charge in [0.1, 0.15) is 5.15 Å².